The molecule has 1 aliphatic heterocycles. The third-order valence-corrected chi connectivity index (χ3v) is 4.29. The molecule has 0 saturated carbocycles. The monoisotopic (exact) mass is 290 g/mol. The van der Waals surface area contributed by atoms with E-state index in [4.69, 9.17) is 4.98 Å². The van der Waals surface area contributed by atoms with Crippen LogP contribution in [0.5, 0.6) is 0 Å². The van der Waals surface area contributed by atoms with E-state index in [1.807, 2.05) is 0 Å². The Morgan fingerprint density at radius 1 is 1.33 bits per heavy atom. The van der Waals surface area contributed by atoms with E-state index < -0.39 is 0 Å². The first-order valence-electron chi connectivity index (χ1n) is 8.18. The molecule has 21 heavy (non-hydrogen) atoms. The van der Waals surface area contributed by atoms with Crippen LogP contribution in [0.3, 0.4) is 0 Å². The summed E-state index contributed by atoms with van der Waals surface area (Å²) in [5, 5.41) is 3.50. The van der Waals surface area contributed by atoms with Crippen molar-refractivity contribution < 1.29 is 0 Å². The van der Waals surface area contributed by atoms with Gasteiger partial charge in [-0.3, -0.25) is 0 Å². The quantitative estimate of drug-likeness (QED) is 0.901. The zero-order chi connectivity index (χ0) is 15.4. The van der Waals surface area contributed by atoms with Gasteiger partial charge >= 0.3 is 0 Å². The average molecular weight is 290 g/mol. The molecule has 2 heterocycles. The smallest absolute Gasteiger partial charge is 0.129 e. The van der Waals surface area contributed by atoms with Crippen LogP contribution in [0.15, 0.2) is 12.1 Å². The number of aryl methyl sites for hydroxylation is 1. The first-order chi connectivity index (χ1) is 9.99. The fraction of sp³-hybridized carbons (Fsp3) is 0.706. The molecule has 1 saturated heterocycles. The van der Waals surface area contributed by atoms with Gasteiger partial charge in [-0.2, -0.15) is 0 Å². The van der Waals surface area contributed by atoms with Gasteiger partial charge in [0.2, 0.25) is 0 Å². The SMILES string of the molecule is CCc1cc(CNC(C)C)cc(N2CCN(C)C(C)C2)n1. The molecule has 1 aromatic heterocycles. The van der Waals surface area contributed by atoms with Gasteiger partial charge in [0.1, 0.15) is 5.82 Å². The van der Waals surface area contributed by atoms with Gasteiger partial charge in [0.25, 0.3) is 0 Å². The number of nitrogens with zero attached hydrogens (tertiary/aromatic N) is 3. The predicted octanol–water partition coefficient (Wildman–Crippen LogP) is 2.28. The molecule has 118 valence electrons. The number of hydrogen-bond donors (Lipinski definition) is 1. The van der Waals surface area contributed by atoms with E-state index in [1.165, 1.54) is 11.3 Å². The number of likely N-dealkylation sites (N-methyl/N-ethyl adjacent to an activating group) is 1. The van der Waals surface area contributed by atoms with Crippen LogP contribution in [0, 0.1) is 0 Å². The van der Waals surface area contributed by atoms with Crippen LogP contribution in [0.2, 0.25) is 0 Å². The van der Waals surface area contributed by atoms with E-state index in [2.05, 4.69) is 62.0 Å². The highest BCUT2D eigenvalue weighted by molar-refractivity contribution is 5.43. The maximum absolute atomic E-state index is 4.84. The Bertz CT molecular complexity index is 458. The van der Waals surface area contributed by atoms with Crippen molar-refractivity contribution in [2.24, 2.45) is 0 Å². The van der Waals surface area contributed by atoms with Gasteiger partial charge in [0.15, 0.2) is 0 Å². The van der Waals surface area contributed by atoms with Gasteiger partial charge in [0.05, 0.1) is 0 Å². The molecule has 0 bridgehead atoms. The fourth-order valence-electron chi connectivity index (χ4n) is 2.66. The first-order valence-corrected chi connectivity index (χ1v) is 8.18. The lowest BCUT2D eigenvalue weighted by Crippen LogP contribution is -2.50. The molecule has 0 aromatic carbocycles. The van der Waals surface area contributed by atoms with E-state index in [9.17, 15) is 0 Å². The summed E-state index contributed by atoms with van der Waals surface area (Å²) < 4.78 is 0. The lowest BCUT2D eigenvalue weighted by Gasteiger charge is -2.38. The maximum atomic E-state index is 4.84. The number of aromatic nitrogens is 1. The lowest BCUT2D eigenvalue weighted by molar-refractivity contribution is 0.233. The molecule has 1 N–H and O–H groups in total. The van der Waals surface area contributed by atoms with Crippen LogP contribution in [0.1, 0.15) is 39.0 Å². The molecule has 1 aliphatic rings. The van der Waals surface area contributed by atoms with Gasteiger partial charge in [-0.1, -0.05) is 20.8 Å². The normalized spacial score (nSPS) is 20.3. The van der Waals surface area contributed by atoms with Crippen LogP contribution in [-0.4, -0.2) is 48.6 Å². The summed E-state index contributed by atoms with van der Waals surface area (Å²) in [6.45, 7) is 13.0. The van der Waals surface area contributed by atoms with Crippen molar-refractivity contribution in [1.82, 2.24) is 15.2 Å². The summed E-state index contributed by atoms with van der Waals surface area (Å²) in [6, 6.07) is 5.59. The van der Waals surface area contributed by atoms with Crippen molar-refractivity contribution in [3.8, 4) is 0 Å². The Morgan fingerprint density at radius 2 is 2.10 bits per heavy atom. The molecule has 1 aromatic rings. The van der Waals surface area contributed by atoms with Crippen molar-refractivity contribution in [3.63, 3.8) is 0 Å². The highest BCUT2D eigenvalue weighted by Gasteiger charge is 2.22. The van der Waals surface area contributed by atoms with Crippen molar-refractivity contribution in [2.75, 3.05) is 31.6 Å². The molecule has 4 heteroatoms. The molecule has 2 rings (SSSR count). The highest BCUT2D eigenvalue weighted by Crippen LogP contribution is 2.19. The lowest BCUT2D eigenvalue weighted by atomic mass is 10.1. The molecular formula is C17H30N4. The molecule has 0 aliphatic carbocycles. The molecule has 1 unspecified atom stereocenters. The van der Waals surface area contributed by atoms with Crippen LogP contribution >= 0.6 is 0 Å². The number of piperazine rings is 1. The van der Waals surface area contributed by atoms with Gasteiger partial charge in [-0.25, -0.2) is 4.98 Å². The van der Waals surface area contributed by atoms with Crippen LogP contribution in [-0.2, 0) is 13.0 Å². The van der Waals surface area contributed by atoms with Gasteiger partial charge < -0.3 is 15.1 Å². The van der Waals surface area contributed by atoms with E-state index in [0.717, 1.165) is 38.4 Å². The van der Waals surface area contributed by atoms with Crippen LogP contribution < -0.4 is 10.2 Å². The van der Waals surface area contributed by atoms with Crippen LogP contribution in [0.25, 0.3) is 0 Å². The first kappa shape index (κ1) is 16.2. The Labute approximate surface area is 129 Å². The third kappa shape index (κ3) is 4.42. The molecular weight excluding hydrogens is 260 g/mol. The molecule has 0 amide bonds. The van der Waals surface area contributed by atoms with Crippen molar-refractivity contribution in [3.05, 3.63) is 23.4 Å². The summed E-state index contributed by atoms with van der Waals surface area (Å²) in [5.74, 6) is 1.15. The zero-order valence-corrected chi connectivity index (χ0v) is 14.2. The van der Waals surface area contributed by atoms with E-state index in [-0.39, 0.29) is 0 Å². The largest absolute Gasteiger partial charge is 0.354 e. The molecule has 0 spiro atoms. The second-order valence-electron chi connectivity index (χ2n) is 6.49. The summed E-state index contributed by atoms with van der Waals surface area (Å²) in [7, 11) is 2.20. The number of anilines is 1. The fourth-order valence-corrected chi connectivity index (χ4v) is 2.66. The minimum absolute atomic E-state index is 0.510. The number of hydrogen-bond acceptors (Lipinski definition) is 4. The summed E-state index contributed by atoms with van der Waals surface area (Å²) in [6.07, 6.45) is 0.992. The minimum Gasteiger partial charge on any atom is -0.354 e. The number of rotatable bonds is 5. The van der Waals surface area contributed by atoms with E-state index >= 15 is 0 Å². The molecule has 1 atom stereocenters. The van der Waals surface area contributed by atoms with Crippen molar-refractivity contribution in [1.29, 1.82) is 0 Å². The summed E-state index contributed by atoms with van der Waals surface area (Å²) in [5.41, 5.74) is 2.54. The minimum atomic E-state index is 0.510. The van der Waals surface area contributed by atoms with E-state index in [0.29, 0.717) is 12.1 Å². The number of pyridine rings is 1. The van der Waals surface area contributed by atoms with E-state index in [1.54, 1.807) is 0 Å². The molecule has 4 nitrogen and oxygen atoms in total. The Kier molecular flexibility index (Phi) is 5.59. The predicted molar refractivity (Wildman–Crippen MR) is 89.9 cm³/mol. The standard InChI is InChI=1S/C17H30N4/c1-6-16-9-15(11-18-13(2)3)10-17(19-16)21-8-7-20(5)14(4)12-21/h9-10,13-14,18H,6-8,11-12H2,1-5H3. The maximum Gasteiger partial charge on any atom is 0.129 e. The third-order valence-electron chi connectivity index (χ3n) is 4.29. The highest BCUT2D eigenvalue weighted by atomic mass is 15.3. The van der Waals surface area contributed by atoms with Crippen molar-refractivity contribution in [2.45, 2.75) is 52.7 Å². The Hall–Kier alpha value is -1.13. The average Bonchev–Trinajstić information content (AvgIpc) is 2.47. The van der Waals surface area contributed by atoms with Gasteiger partial charge in [0, 0.05) is 44.0 Å². The van der Waals surface area contributed by atoms with Crippen LogP contribution in [0.4, 0.5) is 5.82 Å². The van der Waals surface area contributed by atoms with Crippen molar-refractivity contribution >= 4 is 5.82 Å². The van der Waals surface area contributed by atoms with Gasteiger partial charge in [-0.15, -0.1) is 0 Å². The second-order valence-corrected chi connectivity index (χ2v) is 6.49. The number of nitrogens with one attached hydrogen (secondary N) is 1. The molecule has 1 fully saturated rings. The molecule has 0 radical (unpaired) electrons. The Morgan fingerprint density at radius 3 is 2.71 bits per heavy atom. The summed E-state index contributed by atoms with van der Waals surface area (Å²) >= 11 is 0. The zero-order valence-electron chi connectivity index (χ0n) is 14.2. The second kappa shape index (κ2) is 7.23. The topological polar surface area (TPSA) is 31.4 Å². The Balaban J connectivity index is 2.16. The summed E-state index contributed by atoms with van der Waals surface area (Å²) in [4.78, 5) is 9.69. The van der Waals surface area contributed by atoms with Gasteiger partial charge in [-0.05, 0) is 38.1 Å².